The molecule has 4 N–H and O–H groups in total. The van der Waals surface area contributed by atoms with Gasteiger partial charge in [-0.3, -0.25) is 4.79 Å². The van der Waals surface area contributed by atoms with Crippen LogP contribution in [-0.4, -0.2) is 27.2 Å². The van der Waals surface area contributed by atoms with Crippen LogP contribution < -0.4 is 5.73 Å². The monoisotopic (exact) mass is 248 g/mol. The summed E-state index contributed by atoms with van der Waals surface area (Å²) in [6, 6.07) is 1.16. The van der Waals surface area contributed by atoms with Crippen molar-refractivity contribution in [2.24, 2.45) is 5.73 Å². The lowest BCUT2D eigenvalue weighted by molar-refractivity contribution is -0.121. The Morgan fingerprint density at radius 2 is 2.25 bits per heavy atom. The lowest BCUT2D eigenvalue weighted by Gasteiger charge is -2.17. The molecule has 2 atom stereocenters. The number of hydrogen-bond acceptors (Lipinski definition) is 4. The number of hydrogen-bond donors (Lipinski definition) is 3. The Bertz CT molecular complexity index is 402. The largest absolute Gasteiger partial charge is 0.390 e. The quantitative estimate of drug-likeness (QED) is 0.661. The third-order valence-electron chi connectivity index (χ3n) is 1.97. The van der Waals surface area contributed by atoms with Gasteiger partial charge in [0.25, 0.3) is 0 Å². The van der Waals surface area contributed by atoms with Crippen molar-refractivity contribution in [3.8, 4) is 0 Å². The first kappa shape index (κ1) is 12.8. The highest BCUT2D eigenvalue weighted by atomic mass is 35.5. The second-order valence-electron chi connectivity index (χ2n) is 3.19. The Labute approximate surface area is 95.7 Å². The van der Waals surface area contributed by atoms with E-state index in [9.17, 15) is 19.4 Å². The molecule has 16 heavy (non-hydrogen) atoms. The van der Waals surface area contributed by atoms with Crippen LogP contribution in [0.2, 0.25) is 5.15 Å². The smallest absolute Gasteiger partial charge is 0.220 e. The molecule has 0 fully saturated rings. The Hall–Kier alpha value is -1.24. The number of nitrogens with zero attached hydrogens (tertiary/aromatic N) is 1. The zero-order valence-electron chi connectivity index (χ0n) is 8.10. The van der Waals surface area contributed by atoms with Gasteiger partial charge in [-0.15, -0.1) is 0 Å². The summed E-state index contributed by atoms with van der Waals surface area (Å²) in [5.41, 5.74) is 4.61. The number of rotatable bonds is 4. The normalized spacial score (nSPS) is 14.5. The molecular weight excluding hydrogens is 239 g/mol. The van der Waals surface area contributed by atoms with Crippen molar-refractivity contribution >= 4 is 17.5 Å². The topological polar surface area (TPSA) is 96.4 Å². The van der Waals surface area contributed by atoms with Crippen LogP contribution in [0.4, 0.5) is 4.39 Å². The molecule has 2 unspecified atom stereocenters. The molecule has 0 aliphatic heterocycles. The molecule has 0 saturated carbocycles. The highest BCUT2D eigenvalue weighted by Gasteiger charge is 2.24. The van der Waals surface area contributed by atoms with Gasteiger partial charge in [-0.25, -0.2) is 9.37 Å². The fourth-order valence-electron chi connectivity index (χ4n) is 1.19. The van der Waals surface area contributed by atoms with Crippen LogP contribution in [-0.2, 0) is 4.79 Å². The molecule has 0 bridgehead atoms. The SMILES string of the molecule is NC(=O)CC(O)C(O)c1ccnc(Cl)c1F. The van der Waals surface area contributed by atoms with E-state index in [1.165, 1.54) is 6.20 Å². The number of aliphatic hydroxyl groups excluding tert-OH is 2. The van der Waals surface area contributed by atoms with Gasteiger partial charge in [0.05, 0.1) is 12.5 Å². The van der Waals surface area contributed by atoms with E-state index in [4.69, 9.17) is 17.3 Å². The van der Waals surface area contributed by atoms with Crippen molar-refractivity contribution < 1.29 is 19.4 Å². The van der Waals surface area contributed by atoms with Crippen LogP contribution in [0.15, 0.2) is 12.3 Å². The van der Waals surface area contributed by atoms with Gasteiger partial charge < -0.3 is 15.9 Å². The number of primary amides is 1. The summed E-state index contributed by atoms with van der Waals surface area (Å²) in [5, 5.41) is 18.5. The summed E-state index contributed by atoms with van der Waals surface area (Å²) in [6.45, 7) is 0. The third-order valence-corrected chi connectivity index (χ3v) is 2.23. The first-order valence-corrected chi connectivity index (χ1v) is 4.75. The number of aromatic nitrogens is 1. The summed E-state index contributed by atoms with van der Waals surface area (Å²) in [4.78, 5) is 14.0. The number of halogens is 2. The molecule has 0 aliphatic rings. The molecule has 1 amide bonds. The van der Waals surface area contributed by atoms with Crippen molar-refractivity contribution in [3.05, 3.63) is 28.8 Å². The minimum absolute atomic E-state index is 0.228. The van der Waals surface area contributed by atoms with Crippen molar-refractivity contribution in [2.75, 3.05) is 0 Å². The number of pyridine rings is 1. The van der Waals surface area contributed by atoms with Gasteiger partial charge in [-0.05, 0) is 6.07 Å². The van der Waals surface area contributed by atoms with Crippen molar-refractivity contribution in [1.82, 2.24) is 4.98 Å². The summed E-state index contributed by atoms with van der Waals surface area (Å²) in [5.74, 6) is -1.73. The molecule has 1 aromatic rings. The van der Waals surface area contributed by atoms with Gasteiger partial charge in [-0.1, -0.05) is 11.6 Å². The maximum atomic E-state index is 13.4. The standard InChI is InChI=1S/C9H10ClFN2O3/c10-9-7(11)4(1-2-13-9)8(16)5(14)3-6(12)15/h1-2,5,8,14,16H,3H2,(H2,12,15). The molecule has 7 heteroatoms. The summed E-state index contributed by atoms with van der Waals surface area (Å²) < 4.78 is 13.4. The molecule has 1 aromatic heterocycles. The van der Waals surface area contributed by atoms with Crippen LogP contribution in [0.5, 0.6) is 0 Å². The minimum atomic E-state index is -1.58. The Morgan fingerprint density at radius 3 is 2.81 bits per heavy atom. The lowest BCUT2D eigenvalue weighted by Crippen LogP contribution is -2.26. The van der Waals surface area contributed by atoms with Gasteiger partial charge in [0.1, 0.15) is 6.10 Å². The Morgan fingerprint density at radius 1 is 1.62 bits per heavy atom. The molecule has 0 saturated heterocycles. The molecule has 0 radical (unpaired) electrons. The minimum Gasteiger partial charge on any atom is -0.390 e. The van der Waals surface area contributed by atoms with Crippen LogP contribution in [0.25, 0.3) is 0 Å². The van der Waals surface area contributed by atoms with E-state index in [2.05, 4.69) is 4.98 Å². The molecule has 88 valence electrons. The molecule has 0 spiro atoms. The van der Waals surface area contributed by atoms with Gasteiger partial charge in [0.2, 0.25) is 5.91 Å². The summed E-state index contributed by atoms with van der Waals surface area (Å²) in [6.07, 6.45) is -2.35. The summed E-state index contributed by atoms with van der Waals surface area (Å²) >= 11 is 5.40. The number of carbonyl (C=O) groups is 1. The first-order valence-electron chi connectivity index (χ1n) is 4.37. The number of carbonyl (C=O) groups excluding carboxylic acids is 1. The zero-order valence-corrected chi connectivity index (χ0v) is 8.86. The van der Waals surface area contributed by atoms with Crippen LogP contribution >= 0.6 is 11.6 Å². The zero-order chi connectivity index (χ0) is 12.3. The second-order valence-corrected chi connectivity index (χ2v) is 3.55. The predicted molar refractivity (Wildman–Crippen MR) is 54.0 cm³/mol. The highest BCUT2D eigenvalue weighted by molar-refractivity contribution is 6.29. The predicted octanol–water partition coefficient (Wildman–Crippen LogP) is 0.144. The van der Waals surface area contributed by atoms with E-state index in [-0.39, 0.29) is 5.56 Å². The lowest BCUT2D eigenvalue weighted by atomic mass is 10.0. The first-order chi connectivity index (χ1) is 7.43. The fourth-order valence-corrected chi connectivity index (χ4v) is 1.35. The molecule has 1 rings (SSSR count). The van der Waals surface area contributed by atoms with Gasteiger partial charge in [-0.2, -0.15) is 0 Å². The molecule has 0 aromatic carbocycles. The molecule has 0 aliphatic carbocycles. The molecular formula is C9H10ClFN2O3. The maximum absolute atomic E-state index is 13.4. The van der Waals surface area contributed by atoms with Crippen LogP contribution in [0.3, 0.4) is 0 Å². The van der Waals surface area contributed by atoms with E-state index in [0.717, 1.165) is 6.07 Å². The van der Waals surface area contributed by atoms with E-state index >= 15 is 0 Å². The van der Waals surface area contributed by atoms with Gasteiger partial charge in [0.15, 0.2) is 11.0 Å². The fraction of sp³-hybridized carbons (Fsp3) is 0.333. The molecule has 1 heterocycles. The number of amides is 1. The van der Waals surface area contributed by atoms with Crippen LogP contribution in [0, 0.1) is 5.82 Å². The van der Waals surface area contributed by atoms with Gasteiger partial charge >= 0.3 is 0 Å². The van der Waals surface area contributed by atoms with Crippen molar-refractivity contribution in [3.63, 3.8) is 0 Å². The van der Waals surface area contributed by atoms with Crippen molar-refractivity contribution in [1.29, 1.82) is 0 Å². The van der Waals surface area contributed by atoms with Crippen molar-refractivity contribution in [2.45, 2.75) is 18.6 Å². The highest BCUT2D eigenvalue weighted by Crippen LogP contribution is 2.24. The number of nitrogens with two attached hydrogens (primary N) is 1. The second kappa shape index (κ2) is 5.20. The molecule has 5 nitrogen and oxygen atoms in total. The average Bonchev–Trinajstić information content (AvgIpc) is 2.20. The maximum Gasteiger partial charge on any atom is 0.220 e. The van der Waals surface area contributed by atoms with E-state index < -0.39 is 35.5 Å². The Balaban J connectivity index is 2.91. The van der Waals surface area contributed by atoms with Crippen LogP contribution in [0.1, 0.15) is 18.1 Å². The van der Waals surface area contributed by atoms with E-state index in [0.29, 0.717) is 0 Å². The van der Waals surface area contributed by atoms with Gasteiger partial charge in [0, 0.05) is 11.8 Å². The number of aliphatic hydroxyl groups is 2. The Kier molecular flexibility index (Phi) is 4.17. The van der Waals surface area contributed by atoms with E-state index in [1.54, 1.807) is 0 Å². The average molecular weight is 249 g/mol. The third kappa shape index (κ3) is 2.88. The summed E-state index contributed by atoms with van der Waals surface area (Å²) in [7, 11) is 0. The van der Waals surface area contributed by atoms with E-state index in [1.807, 2.05) is 0 Å².